The van der Waals surface area contributed by atoms with Crippen LogP contribution in [-0.2, 0) is 4.74 Å². The van der Waals surface area contributed by atoms with Gasteiger partial charge in [-0.3, -0.25) is 0 Å². The second kappa shape index (κ2) is 4.82. The molecule has 0 fully saturated rings. The van der Waals surface area contributed by atoms with Crippen molar-refractivity contribution >= 4 is 5.97 Å². The van der Waals surface area contributed by atoms with Crippen LogP contribution in [0.15, 0.2) is 12.1 Å². The SMILES string of the molecule is COC(=O)c1cc(F)c(OC(F)F)c(F)c1. The van der Waals surface area contributed by atoms with E-state index in [0.29, 0.717) is 12.1 Å². The molecule has 3 nitrogen and oxygen atoms in total. The van der Waals surface area contributed by atoms with Crippen molar-refractivity contribution in [1.82, 2.24) is 0 Å². The maximum atomic E-state index is 13.1. The van der Waals surface area contributed by atoms with Crippen LogP contribution in [0.2, 0.25) is 0 Å². The second-order valence-corrected chi connectivity index (χ2v) is 2.64. The summed E-state index contributed by atoms with van der Waals surface area (Å²) in [7, 11) is 1.02. The minimum Gasteiger partial charge on any atom is -0.465 e. The molecule has 0 unspecified atom stereocenters. The van der Waals surface area contributed by atoms with Crippen LogP contribution in [0.25, 0.3) is 0 Å². The minimum atomic E-state index is -3.35. The van der Waals surface area contributed by atoms with Crippen molar-refractivity contribution in [3.8, 4) is 5.75 Å². The molecule has 0 saturated carbocycles. The zero-order valence-corrected chi connectivity index (χ0v) is 7.97. The lowest BCUT2D eigenvalue weighted by Gasteiger charge is -2.08. The number of benzene rings is 1. The Hall–Kier alpha value is -1.79. The molecular formula is C9H6F4O3. The minimum absolute atomic E-state index is 0.431. The summed E-state index contributed by atoms with van der Waals surface area (Å²) in [6, 6.07) is 1.10. The molecule has 88 valence electrons. The number of alkyl halides is 2. The molecule has 0 aliphatic rings. The monoisotopic (exact) mass is 238 g/mol. The van der Waals surface area contributed by atoms with Crippen LogP contribution in [0.5, 0.6) is 5.75 Å². The highest BCUT2D eigenvalue weighted by Crippen LogP contribution is 2.25. The summed E-state index contributed by atoms with van der Waals surface area (Å²) >= 11 is 0. The summed E-state index contributed by atoms with van der Waals surface area (Å²) in [6.07, 6.45) is 0. The van der Waals surface area contributed by atoms with E-state index in [2.05, 4.69) is 9.47 Å². The van der Waals surface area contributed by atoms with Crippen LogP contribution in [0.3, 0.4) is 0 Å². The fourth-order valence-electron chi connectivity index (χ4n) is 0.997. The first-order valence-electron chi connectivity index (χ1n) is 3.98. The zero-order chi connectivity index (χ0) is 12.3. The number of carbonyl (C=O) groups is 1. The zero-order valence-electron chi connectivity index (χ0n) is 7.97. The molecule has 0 atom stereocenters. The van der Waals surface area contributed by atoms with Gasteiger partial charge in [0, 0.05) is 0 Å². The van der Waals surface area contributed by atoms with Crippen LogP contribution in [0.4, 0.5) is 17.6 Å². The third kappa shape index (κ3) is 2.62. The van der Waals surface area contributed by atoms with Crippen molar-refractivity contribution in [2.24, 2.45) is 0 Å². The van der Waals surface area contributed by atoms with E-state index >= 15 is 0 Å². The van der Waals surface area contributed by atoms with Gasteiger partial charge in [-0.05, 0) is 12.1 Å². The largest absolute Gasteiger partial charge is 0.465 e. The highest BCUT2D eigenvalue weighted by Gasteiger charge is 2.19. The standard InChI is InChI=1S/C9H6F4O3/c1-15-8(14)4-2-5(10)7(6(11)3-4)16-9(12)13/h2-3,9H,1H3. The highest BCUT2D eigenvalue weighted by molar-refractivity contribution is 5.89. The number of hydrogen-bond donors (Lipinski definition) is 0. The van der Waals surface area contributed by atoms with E-state index in [1.54, 1.807) is 0 Å². The van der Waals surface area contributed by atoms with E-state index in [0.717, 1.165) is 7.11 Å². The quantitative estimate of drug-likeness (QED) is 0.599. The topological polar surface area (TPSA) is 35.5 Å². The van der Waals surface area contributed by atoms with Crippen LogP contribution in [0.1, 0.15) is 10.4 Å². The number of esters is 1. The molecule has 0 aromatic heterocycles. The van der Waals surface area contributed by atoms with Crippen LogP contribution in [0, 0.1) is 11.6 Å². The molecule has 0 bridgehead atoms. The molecule has 0 spiro atoms. The molecule has 16 heavy (non-hydrogen) atoms. The van der Waals surface area contributed by atoms with Crippen molar-refractivity contribution in [2.45, 2.75) is 6.61 Å². The lowest BCUT2D eigenvalue weighted by molar-refractivity contribution is -0.0546. The number of carbonyl (C=O) groups excluding carboxylic acids is 1. The molecule has 0 N–H and O–H groups in total. The van der Waals surface area contributed by atoms with Gasteiger partial charge in [-0.1, -0.05) is 0 Å². The molecule has 0 saturated heterocycles. The molecule has 0 aliphatic carbocycles. The van der Waals surface area contributed by atoms with E-state index in [-0.39, 0.29) is 0 Å². The fourth-order valence-corrected chi connectivity index (χ4v) is 0.997. The average molecular weight is 238 g/mol. The van der Waals surface area contributed by atoms with Gasteiger partial charge in [0.05, 0.1) is 12.7 Å². The van der Waals surface area contributed by atoms with Crippen LogP contribution < -0.4 is 4.74 Å². The van der Waals surface area contributed by atoms with Crippen molar-refractivity contribution < 1.29 is 31.8 Å². The van der Waals surface area contributed by atoms with Gasteiger partial charge >= 0.3 is 12.6 Å². The van der Waals surface area contributed by atoms with E-state index in [9.17, 15) is 22.4 Å². The Bertz CT molecular complexity index is 383. The number of rotatable bonds is 3. The first-order valence-corrected chi connectivity index (χ1v) is 3.98. The molecule has 7 heteroatoms. The Morgan fingerprint density at radius 2 is 1.75 bits per heavy atom. The van der Waals surface area contributed by atoms with Gasteiger partial charge < -0.3 is 9.47 Å². The van der Waals surface area contributed by atoms with E-state index in [1.165, 1.54) is 0 Å². The van der Waals surface area contributed by atoms with Gasteiger partial charge in [0.2, 0.25) is 0 Å². The van der Waals surface area contributed by atoms with Gasteiger partial charge in [-0.25, -0.2) is 13.6 Å². The molecule has 1 aromatic carbocycles. The van der Waals surface area contributed by atoms with Gasteiger partial charge in [0.1, 0.15) is 0 Å². The summed E-state index contributed by atoms with van der Waals surface area (Å²) in [5, 5.41) is 0. The number of methoxy groups -OCH3 is 1. The summed E-state index contributed by atoms with van der Waals surface area (Å²) < 4.78 is 57.5. The molecule has 0 heterocycles. The van der Waals surface area contributed by atoms with Gasteiger partial charge in [0.15, 0.2) is 17.4 Å². The van der Waals surface area contributed by atoms with E-state index < -0.39 is 35.5 Å². The van der Waals surface area contributed by atoms with Crippen LogP contribution >= 0.6 is 0 Å². The maximum absolute atomic E-state index is 13.1. The Morgan fingerprint density at radius 3 is 2.12 bits per heavy atom. The molecule has 1 rings (SSSR count). The van der Waals surface area contributed by atoms with Crippen molar-refractivity contribution in [3.05, 3.63) is 29.3 Å². The molecule has 0 aliphatic heterocycles. The Balaban J connectivity index is 3.12. The lowest BCUT2D eigenvalue weighted by Crippen LogP contribution is -2.08. The number of hydrogen-bond acceptors (Lipinski definition) is 3. The first kappa shape index (κ1) is 12.3. The third-order valence-corrected chi connectivity index (χ3v) is 1.63. The van der Waals surface area contributed by atoms with Crippen molar-refractivity contribution in [3.63, 3.8) is 0 Å². The maximum Gasteiger partial charge on any atom is 0.387 e. The van der Waals surface area contributed by atoms with Crippen LogP contribution in [-0.4, -0.2) is 19.7 Å². The predicted octanol–water partition coefficient (Wildman–Crippen LogP) is 2.35. The Kier molecular flexibility index (Phi) is 3.70. The Labute approximate surface area is 87.6 Å². The second-order valence-electron chi connectivity index (χ2n) is 2.64. The molecule has 0 amide bonds. The average Bonchev–Trinajstić information content (AvgIpc) is 2.21. The lowest BCUT2D eigenvalue weighted by atomic mass is 10.2. The molecule has 0 radical (unpaired) electrons. The normalized spacial score (nSPS) is 10.4. The summed E-state index contributed by atoms with van der Waals surface area (Å²) in [4.78, 5) is 10.9. The van der Waals surface area contributed by atoms with Crippen molar-refractivity contribution in [1.29, 1.82) is 0 Å². The van der Waals surface area contributed by atoms with Gasteiger partial charge in [0.25, 0.3) is 0 Å². The highest BCUT2D eigenvalue weighted by atomic mass is 19.3. The fraction of sp³-hybridized carbons (Fsp3) is 0.222. The Morgan fingerprint density at radius 1 is 1.25 bits per heavy atom. The third-order valence-electron chi connectivity index (χ3n) is 1.63. The predicted molar refractivity (Wildman–Crippen MR) is 44.3 cm³/mol. The van der Waals surface area contributed by atoms with E-state index in [4.69, 9.17) is 0 Å². The number of ether oxygens (including phenoxy) is 2. The first-order chi connectivity index (χ1) is 7.45. The summed E-state index contributed by atoms with van der Waals surface area (Å²) in [5.74, 6) is -5.02. The summed E-state index contributed by atoms with van der Waals surface area (Å²) in [6.45, 7) is -3.35. The van der Waals surface area contributed by atoms with E-state index in [1.807, 2.05) is 0 Å². The number of halogens is 4. The smallest absolute Gasteiger partial charge is 0.387 e. The summed E-state index contributed by atoms with van der Waals surface area (Å²) in [5.41, 5.74) is -0.431. The molecular weight excluding hydrogens is 232 g/mol. The van der Waals surface area contributed by atoms with Gasteiger partial charge in [-0.15, -0.1) is 0 Å². The van der Waals surface area contributed by atoms with Gasteiger partial charge in [-0.2, -0.15) is 8.78 Å². The molecule has 1 aromatic rings. The van der Waals surface area contributed by atoms with Crippen molar-refractivity contribution in [2.75, 3.05) is 7.11 Å².